The van der Waals surface area contributed by atoms with Crippen molar-refractivity contribution < 1.29 is 4.52 Å². The first-order valence-corrected chi connectivity index (χ1v) is 7.89. The van der Waals surface area contributed by atoms with Gasteiger partial charge >= 0.3 is 0 Å². The Morgan fingerprint density at radius 1 is 1.17 bits per heavy atom. The molecule has 1 aliphatic rings. The molecule has 6 nitrogen and oxygen atoms in total. The minimum Gasteiger partial charge on any atom is -0.369 e. The molecule has 24 heavy (non-hydrogen) atoms. The van der Waals surface area contributed by atoms with Crippen LogP contribution in [0.3, 0.4) is 0 Å². The van der Waals surface area contributed by atoms with E-state index in [-0.39, 0.29) is 0 Å². The van der Waals surface area contributed by atoms with Gasteiger partial charge in [0.05, 0.1) is 23.3 Å². The lowest BCUT2D eigenvalue weighted by molar-refractivity contribution is 0.393. The number of fused-ring (bicyclic) bond motifs is 1. The Bertz CT molecular complexity index is 1020. The van der Waals surface area contributed by atoms with Gasteiger partial charge in [0.15, 0.2) is 5.95 Å². The van der Waals surface area contributed by atoms with E-state index in [1.165, 1.54) is 5.57 Å². The van der Waals surface area contributed by atoms with Crippen LogP contribution >= 0.6 is 0 Å². The maximum atomic E-state index is 5.91. The first-order chi connectivity index (χ1) is 11.5. The van der Waals surface area contributed by atoms with Gasteiger partial charge in [0.25, 0.3) is 0 Å². The van der Waals surface area contributed by atoms with Gasteiger partial charge in [-0.05, 0) is 51.0 Å². The number of nitrogens with one attached hydrogen (secondary N) is 1. The van der Waals surface area contributed by atoms with Crippen LogP contribution < -0.4 is 5.73 Å². The molecule has 0 atom stereocenters. The molecule has 0 unspecified atom stereocenters. The van der Waals surface area contributed by atoms with E-state index in [1.54, 1.807) is 0 Å². The van der Waals surface area contributed by atoms with Crippen molar-refractivity contribution in [2.45, 2.75) is 27.7 Å². The smallest absolute Gasteiger partial charge is 0.198 e. The molecule has 0 amide bonds. The summed E-state index contributed by atoms with van der Waals surface area (Å²) in [5.74, 6) is 1.21. The first kappa shape index (κ1) is 14.7. The maximum absolute atomic E-state index is 5.91. The summed E-state index contributed by atoms with van der Waals surface area (Å²) in [6.45, 7) is 8.76. The average molecular weight is 321 g/mol. The highest BCUT2D eigenvalue weighted by atomic mass is 16.5. The number of aliphatic imine (C=N–C) groups is 1. The largest absolute Gasteiger partial charge is 0.369 e. The number of anilines is 1. The van der Waals surface area contributed by atoms with Gasteiger partial charge in [0.2, 0.25) is 0 Å². The summed E-state index contributed by atoms with van der Waals surface area (Å²) < 4.78 is 5.34. The molecule has 1 aliphatic heterocycles. The fourth-order valence-corrected chi connectivity index (χ4v) is 3.50. The Morgan fingerprint density at radius 2 is 1.96 bits per heavy atom. The molecular weight excluding hydrogens is 302 g/mol. The molecule has 0 fully saturated rings. The van der Waals surface area contributed by atoms with Crippen molar-refractivity contribution >= 4 is 28.3 Å². The minimum absolute atomic E-state index is 0.410. The number of benzene rings is 1. The number of aromatic nitrogens is 3. The molecule has 0 radical (unpaired) electrons. The third-order valence-electron chi connectivity index (χ3n) is 4.54. The maximum Gasteiger partial charge on any atom is 0.198 e. The third-order valence-corrected chi connectivity index (χ3v) is 4.54. The van der Waals surface area contributed by atoms with E-state index in [0.717, 1.165) is 57.0 Å². The number of rotatable bonds is 2. The second-order valence-electron chi connectivity index (χ2n) is 6.30. The van der Waals surface area contributed by atoms with Crippen molar-refractivity contribution in [3.8, 4) is 11.1 Å². The summed E-state index contributed by atoms with van der Waals surface area (Å²) in [5, 5.41) is 4.07. The molecule has 2 aromatic heterocycles. The number of hydrogen-bond donors (Lipinski definition) is 2. The molecule has 0 saturated carbocycles. The summed E-state index contributed by atoms with van der Waals surface area (Å²) in [4.78, 5) is 12.2. The fourth-order valence-electron chi connectivity index (χ4n) is 3.50. The van der Waals surface area contributed by atoms with Crippen LogP contribution in [-0.2, 0) is 0 Å². The lowest BCUT2D eigenvalue weighted by Gasteiger charge is -2.10. The van der Waals surface area contributed by atoms with Gasteiger partial charge in [-0.2, -0.15) is 0 Å². The van der Waals surface area contributed by atoms with Gasteiger partial charge in [0.1, 0.15) is 5.76 Å². The van der Waals surface area contributed by atoms with Crippen LogP contribution in [0.25, 0.3) is 27.7 Å². The van der Waals surface area contributed by atoms with E-state index in [0.29, 0.717) is 5.95 Å². The number of nitrogens with two attached hydrogens (primary N) is 1. The molecule has 4 rings (SSSR count). The van der Waals surface area contributed by atoms with E-state index in [1.807, 2.05) is 26.8 Å². The zero-order valence-corrected chi connectivity index (χ0v) is 14.2. The topological polar surface area (TPSA) is 93.1 Å². The highest BCUT2D eigenvalue weighted by Gasteiger charge is 2.21. The third kappa shape index (κ3) is 2.06. The quantitative estimate of drug-likeness (QED) is 0.753. The van der Waals surface area contributed by atoms with Crippen molar-refractivity contribution in [1.29, 1.82) is 0 Å². The summed E-state index contributed by atoms with van der Waals surface area (Å²) in [7, 11) is 0. The monoisotopic (exact) mass is 321 g/mol. The van der Waals surface area contributed by atoms with Gasteiger partial charge in [-0.3, -0.25) is 4.99 Å². The molecular formula is C18H19N5O. The number of allylic oxidation sites excluding steroid dienone is 1. The van der Waals surface area contributed by atoms with Crippen LogP contribution in [0.4, 0.5) is 5.95 Å². The van der Waals surface area contributed by atoms with E-state index >= 15 is 0 Å². The summed E-state index contributed by atoms with van der Waals surface area (Å²) in [6, 6.07) is 4.17. The van der Waals surface area contributed by atoms with E-state index < -0.39 is 0 Å². The lowest BCUT2D eigenvalue weighted by atomic mass is 9.93. The van der Waals surface area contributed by atoms with E-state index in [4.69, 9.17) is 10.3 Å². The Labute approximate surface area is 139 Å². The standard InChI is InChI=1S/C18H19N5O/c1-8-7-20-9(2)15(8)13-5-12(16-10(3)23-24-11(16)4)6-14-17(13)22-18(19)21-14/h5-6H,7H2,1-4H3,(H3,19,21,22). The van der Waals surface area contributed by atoms with Gasteiger partial charge in [-0.1, -0.05) is 5.16 Å². The van der Waals surface area contributed by atoms with Crippen LogP contribution in [0.1, 0.15) is 30.9 Å². The molecule has 0 spiro atoms. The molecule has 122 valence electrons. The number of aromatic amines is 1. The Kier molecular flexibility index (Phi) is 3.09. The first-order valence-electron chi connectivity index (χ1n) is 7.89. The number of aryl methyl sites for hydroxylation is 2. The van der Waals surface area contributed by atoms with Gasteiger partial charge in [-0.15, -0.1) is 0 Å². The molecule has 3 heterocycles. The number of hydrogen-bond acceptors (Lipinski definition) is 5. The molecule has 1 aromatic carbocycles. The number of nitrogen functional groups attached to an aromatic ring is 1. The molecule has 6 heteroatoms. The van der Waals surface area contributed by atoms with Crippen molar-refractivity contribution in [3.05, 3.63) is 34.7 Å². The van der Waals surface area contributed by atoms with Crippen LogP contribution in [0, 0.1) is 13.8 Å². The number of H-pyrrole nitrogens is 1. The van der Waals surface area contributed by atoms with Gasteiger partial charge in [0, 0.05) is 22.4 Å². The van der Waals surface area contributed by atoms with Gasteiger partial charge < -0.3 is 15.2 Å². The summed E-state index contributed by atoms with van der Waals surface area (Å²) in [5.41, 5.74) is 15.1. The molecule has 0 aliphatic carbocycles. The minimum atomic E-state index is 0.410. The van der Waals surface area contributed by atoms with Crippen molar-refractivity contribution in [2.75, 3.05) is 12.3 Å². The molecule has 0 bridgehead atoms. The SMILES string of the molecule is CC1=NCC(C)=C1c1cc(-c2c(C)noc2C)cc2nc(N)[nH]c12. The predicted octanol–water partition coefficient (Wildman–Crippen LogP) is 3.66. The predicted molar refractivity (Wildman–Crippen MR) is 96.0 cm³/mol. The Hall–Kier alpha value is -2.89. The number of imidazole rings is 1. The number of nitrogens with zero attached hydrogens (tertiary/aromatic N) is 3. The zero-order chi connectivity index (χ0) is 17.0. The lowest BCUT2D eigenvalue weighted by Crippen LogP contribution is -1.97. The molecule has 0 saturated heterocycles. The van der Waals surface area contributed by atoms with Crippen LogP contribution in [0.2, 0.25) is 0 Å². The Morgan fingerprint density at radius 3 is 2.58 bits per heavy atom. The van der Waals surface area contributed by atoms with Crippen LogP contribution in [0.15, 0.2) is 27.2 Å². The van der Waals surface area contributed by atoms with E-state index in [9.17, 15) is 0 Å². The molecule has 3 N–H and O–H groups in total. The van der Waals surface area contributed by atoms with Crippen molar-refractivity contribution in [3.63, 3.8) is 0 Å². The van der Waals surface area contributed by atoms with Crippen molar-refractivity contribution in [1.82, 2.24) is 15.1 Å². The fraction of sp³-hybridized carbons (Fsp3) is 0.278. The average Bonchev–Trinajstić information content (AvgIpc) is 3.16. The summed E-state index contributed by atoms with van der Waals surface area (Å²) in [6.07, 6.45) is 0. The highest BCUT2D eigenvalue weighted by Crippen LogP contribution is 2.36. The van der Waals surface area contributed by atoms with E-state index in [2.05, 4.69) is 33.1 Å². The zero-order valence-electron chi connectivity index (χ0n) is 14.2. The van der Waals surface area contributed by atoms with Crippen molar-refractivity contribution in [2.24, 2.45) is 4.99 Å². The normalized spacial score (nSPS) is 14.8. The van der Waals surface area contributed by atoms with Crippen LogP contribution in [-0.4, -0.2) is 27.4 Å². The summed E-state index contributed by atoms with van der Waals surface area (Å²) >= 11 is 0. The highest BCUT2D eigenvalue weighted by molar-refractivity contribution is 6.27. The second kappa shape index (κ2) is 5.06. The second-order valence-corrected chi connectivity index (χ2v) is 6.30. The Balaban J connectivity index is 2.06. The van der Waals surface area contributed by atoms with Crippen LogP contribution in [0.5, 0.6) is 0 Å². The molecule has 3 aromatic rings. The van der Waals surface area contributed by atoms with Gasteiger partial charge in [-0.25, -0.2) is 4.98 Å².